The summed E-state index contributed by atoms with van der Waals surface area (Å²) < 4.78 is 0. The Morgan fingerprint density at radius 2 is 1.93 bits per heavy atom. The highest BCUT2D eigenvalue weighted by Crippen LogP contribution is 2.24. The van der Waals surface area contributed by atoms with Gasteiger partial charge in [-0.15, -0.1) is 0 Å². The Hall–Kier alpha value is -1.37. The summed E-state index contributed by atoms with van der Waals surface area (Å²) in [6, 6.07) is 5.45. The van der Waals surface area contributed by atoms with Crippen molar-refractivity contribution in [2.24, 2.45) is 0 Å². The van der Waals surface area contributed by atoms with E-state index < -0.39 is 0 Å². The number of benzene rings is 1. The molecule has 2 aliphatic heterocycles. The van der Waals surface area contributed by atoms with Crippen LogP contribution in [0.3, 0.4) is 0 Å². The standard InChI is InChI=1S/C23H32Cl2N4O/c1-3-27(4-2)17-18-9-12-29(22(15-18)28-13-10-26-11-14-28)23(30)8-6-19-5-7-20(24)16-21(19)25/h5,7,9,12,15-16,22,26H,3-4,6,8,10-11,13-14,17H2,1-2H3. The summed E-state index contributed by atoms with van der Waals surface area (Å²) in [5.74, 6) is 0.110. The summed E-state index contributed by atoms with van der Waals surface area (Å²) in [7, 11) is 0. The molecule has 1 atom stereocenters. The zero-order valence-corrected chi connectivity index (χ0v) is 19.4. The smallest absolute Gasteiger partial charge is 0.228 e. The number of likely N-dealkylation sites (N-methyl/N-ethyl adjacent to an activating group) is 1. The number of carbonyl (C=O) groups excluding carboxylic acids is 1. The third kappa shape index (κ3) is 6.08. The number of rotatable bonds is 8. The van der Waals surface area contributed by atoms with Crippen molar-refractivity contribution >= 4 is 29.1 Å². The van der Waals surface area contributed by atoms with Crippen LogP contribution in [0.2, 0.25) is 10.0 Å². The van der Waals surface area contributed by atoms with Crippen molar-refractivity contribution in [1.29, 1.82) is 0 Å². The highest BCUT2D eigenvalue weighted by Gasteiger charge is 2.29. The van der Waals surface area contributed by atoms with Gasteiger partial charge in [-0.2, -0.15) is 0 Å². The van der Waals surface area contributed by atoms with E-state index in [0.29, 0.717) is 22.9 Å². The Balaban J connectivity index is 1.71. The van der Waals surface area contributed by atoms with Crippen molar-refractivity contribution in [1.82, 2.24) is 20.0 Å². The number of aryl methyl sites for hydroxylation is 1. The van der Waals surface area contributed by atoms with E-state index in [1.54, 1.807) is 6.07 Å². The maximum Gasteiger partial charge on any atom is 0.228 e. The Bertz CT molecular complexity index is 785. The quantitative estimate of drug-likeness (QED) is 0.653. The lowest BCUT2D eigenvalue weighted by molar-refractivity contribution is -0.132. The molecular formula is C23H32Cl2N4O. The largest absolute Gasteiger partial charge is 0.314 e. The number of hydrogen-bond acceptors (Lipinski definition) is 4. The molecule has 1 saturated heterocycles. The highest BCUT2D eigenvalue weighted by molar-refractivity contribution is 6.35. The summed E-state index contributed by atoms with van der Waals surface area (Å²) in [6.45, 7) is 11.1. The van der Waals surface area contributed by atoms with E-state index in [2.05, 4.69) is 41.1 Å². The molecule has 0 bridgehead atoms. The van der Waals surface area contributed by atoms with Crippen molar-refractivity contribution in [3.8, 4) is 0 Å². The molecule has 1 aromatic rings. The molecule has 7 heteroatoms. The highest BCUT2D eigenvalue weighted by atomic mass is 35.5. The van der Waals surface area contributed by atoms with Gasteiger partial charge in [0.2, 0.25) is 5.91 Å². The predicted molar refractivity (Wildman–Crippen MR) is 125 cm³/mol. The summed E-state index contributed by atoms with van der Waals surface area (Å²) in [5, 5.41) is 4.62. The third-order valence-corrected chi connectivity index (χ3v) is 6.42. The SMILES string of the molecule is CCN(CC)CC1=CC(N2CCNCC2)N(C(=O)CCc2ccc(Cl)cc2Cl)C=C1. The van der Waals surface area contributed by atoms with Crippen molar-refractivity contribution in [3.05, 3.63) is 57.7 Å². The van der Waals surface area contributed by atoms with Gasteiger partial charge in [-0.3, -0.25) is 19.5 Å². The predicted octanol–water partition coefficient (Wildman–Crippen LogP) is 3.78. The van der Waals surface area contributed by atoms with Crippen LogP contribution in [0.4, 0.5) is 0 Å². The first-order chi connectivity index (χ1) is 14.5. The van der Waals surface area contributed by atoms with E-state index in [-0.39, 0.29) is 12.1 Å². The van der Waals surface area contributed by atoms with Gasteiger partial charge in [-0.25, -0.2) is 0 Å². The summed E-state index contributed by atoms with van der Waals surface area (Å²) in [5.41, 5.74) is 2.22. The van der Waals surface area contributed by atoms with Gasteiger partial charge in [-0.05, 0) is 54.9 Å². The Kier molecular flexibility index (Phi) is 8.78. The number of carbonyl (C=O) groups is 1. The second-order valence-electron chi connectivity index (χ2n) is 7.76. The molecule has 1 fully saturated rings. The minimum atomic E-state index is -0.0316. The first kappa shape index (κ1) is 23.3. The molecule has 1 N–H and O–H groups in total. The molecule has 0 aromatic heterocycles. The van der Waals surface area contributed by atoms with E-state index in [0.717, 1.165) is 51.4 Å². The fourth-order valence-corrected chi connectivity index (χ4v) is 4.46. The lowest BCUT2D eigenvalue weighted by Crippen LogP contribution is -2.55. The molecule has 1 amide bonds. The summed E-state index contributed by atoms with van der Waals surface area (Å²) in [4.78, 5) is 19.8. The van der Waals surface area contributed by atoms with Gasteiger partial charge in [-0.1, -0.05) is 43.1 Å². The Labute approximate surface area is 190 Å². The van der Waals surface area contributed by atoms with Crippen LogP contribution in [0, 0.1) is 0 Å². The van der Waals surface area contributed by atoms with E-state index in [4.69, 9.17) is 23.2 Å². The molecule has 3 rings (SSSR count). The van der Waals surface area contributed by atoms with E-state index >= 15 is 0 Å². The zero-order chi connectivity index (χ0) is 21.5. The molecule has 0 saturated carbocycles. The average Bonchev–Trinajstić information content (AvgIpc) is 2.77. The second-order valence-corrected chi connectivity index (χ2v) is 8.60. The Morgan fingerprint density at radius 3 is 2.60 bits per heavy atom. The molecule has 0 spiro atoms. The van der Waals surface area contributed by atoms with Crippen molar-refractivity contribution in [3.63, 3.8) is 0 Å². The zero-order valence-electron chi connectivity index (χ0n) is 17.9. The number of amides is 1. The van der Waals surface area contributed by atoms with Crippen LogP contribution < -0.4 is 5.32 Å². The lowest BCUT2D eigenvalue weighted by Gasteiger charge is -2.41. The molecular weight excluding hydrogens is 419 g/mol. The number of hydrogen-bond donors (Lipinski definition) is 1. The van der Waals surface area contributed by atoms with E-state index in [1.165, 1.54) is 5.57 Å². The van der Waals surface area contributed by atoms with Gasteiger partial charge in [0, 0.05) is 55.4 Å². The van der Waals surface area contributed by atoms with Crippen LogP contribution in [-0.2, 0) is 11.2 Å². The van der Waals surface area contributed by atoms with Crippen LogP contribution >= 0.6 is 23.2 Å². The minimum absolute atomic E-state index is 0.0316. The monoisotopic (exact) mass is 450 g/mol. The number of nitrogens with one attached hydrogen (secondary N) is 1. The molecule has 0 radical (unpaired) electrons. The second kappa shape index (κ2) is 11.3. The molecule has 0 aliphatic carbocycles. The molecule has 5 nitrogen and oxygen atoms in total. The molecule has 2 heterocycles. The van der Waals surface area contributed by atoms with Crippen LogP contribution in [0.5, 0.6) is 0 Å². The van der Waals surface area contributed by atoms with Crippen molar-refractivity contribution < 1.29 is 4.79 Å². The molecule has 1 unspecified atom stereocenters. The van der Waals surface area contributed by atoms with Crippen LogP contribution in [-0.4, -0.2) is 72.6 Å². The molecule has 164 valence electrons. The van der Waals surface area contributed by atoms with E-state index in [9.17, 15) is 4.79 Å². The number of piperazine rings is 1. The van der Waals surface area contributed by atoms with Gasteiger partial charge >= 0.3 is 0 Å². The van der Waals surface area contributed by atoms with Gasteiger partial charge < -0.3 is 5.32 Å². The first-order valence-electron chi connectivity index (χ1n) is 10.8. The van der Waals surface area contributed by atoms with Gasteiger partial charge in [0.1, 0.15) is 6.17 Å². The normalized spacial score (nSPS) is 20.0. The summed E-state index contributed by atoms with van der Waals surface area (Å²) >= 11 is 12.3. The van der Waals surface area contributed by atoms with Crippen LogP contribution in [0.25, 0.3) is 0 Å². The third-order valence-electron chi connectivity index (χ3n) is 5.83. The molecule has 30 heavy (non-hydrogen) atoms. The van der Waals surface area contributed by atoms with Gasteiger partial charge in [0.05, 0.1) is 0 Å². The fourth-order valence-electron chi connectivity index (χ4n) is 3.96. The first-order valence-corrected chi connectivity index (χ1v) is 11.6. The maximum atomic E-state index is 13.2. The van der Waals surface area contributed by atoms with E-state index in [1.807, 2.05) is 23.2 Å². The van der Waals surface area contributed by atoms with Crippen molar-refractivity contribution in [2.45, 2.75) is 32.9 Å². The number of nitrogens with zero attached hydrogens (tertiary/aromatic N) is 3. The topological polar surface area (TPSA) is 38.8 Å². The van der Waals surface area contributed by atoms with Gasteiger partial charge in [0.25, 0.3) is 0 Å². The Morgan fingerprint density at radius 1 is 1.20 bits per heavy atom. The maximum absolute atomic E-state index is 13.2. The van der Waals surface area contributed by atoms with Crippen LogP contribution in [0.15, 0.2) is 42.1 Å². The van der Waals surface area contributed by atoms with Crippen LogP contribution in [0.1, 0.15) is 25.8 Å². The van der Waals surface area contributed by atoms with Gasteiger partial charge in [0.15, 0.2) is 0 Å². The summed E-state index contributed by atoms with van der Waals surface area (Å²) in [6.07, 6.45) is 7.30. The average molecular weight is 451 g/mol. The van der Waals surface area contributed by atoms with Crippen molar-refractivity contribution in [2.75, 3.05) is 45.8 Å². The lowest BCUT2D eigenvalue weighted by atomic mass is 10.1. The molecule has 1 aromatic carbocycles. The molecule has 2 aliphatic rings. The minimum Gasteiger partial charge on any atom is -0.314 e. The fraction of sp³-hybridized carbons (Fsp3) is 0.522. The number of halogens is 2.